The van der Waals surface area contributed by atoms with Crippen LogP contribution in [-0.4, -0.2) is 54.4 Å². The minimum absolute atomic E-state index is 0.0635. The summed E-state index contributed by atoms with van der Waals surface area (Å²) in [4.78, 5) is 30.3. The lowest BCUT2D eigenvalue weighted by Gasteiger charge is -2.57. The van der Waals surface area contributed by atoms with Gasteiger partial charge in [0.2, 0.25) is 11.8 Å². The Labute approximate surface area is 192 Å². The van der Waals surface area contributed by atoms with Crippen LogP contribution in [0.2, 0.25) is 0 Å². The molecule has 5 fully saturated rings. The number of benzene rings is 1. The van der Waals surface area contributed by atoms with E-state index in [1.165, 1.54) is 19.3 Å². The maximum absolute atomic E-state index is 13.5. The van der Waals surface area contributed by atoms with Gasteiger partial charge in [-0.25, -0.2) is 0 Å². The topological polar surface area (TPSA) is 49.9 Å². The minimum Gasteiger partial charge on any atom is -0.493 e. The molecule has 0 radical (unpaired) electrons. The van der Waals surface area contributed by atoms with E-state index in [1.807, 2.05) is 11.0 Å². The van der Waals surface area contributed by atoms with Crippen molar-refractivity contribution in [2.24, 2.45) is 23.2 Å². The van der Waals surface area contributed by atoms with Crippen molar-refractivity contribution in [3.63, 3.8) is 0 Å². The molecule has 174 valence electrons. The Hall–Kier alpha value is -2.04. The highest BCUT2D eigenvalue weighted by molar-refractivity contribution is 5.84. The molecule has 5 aliphatic rings. The van der Waals surface area contributed by atoms with Gasteiger partial charge in [-0.3, -0.25) is 9.59 Å². The lowest BCUT2D eigenvalue weighted by atomic mass is 9.49. The van der Waals surface area contributed by atoms with Crippen LogP contribution in [0.15, 0.2) is 18.2 Å². The third-order valence-corrected chi connectivity index (χ3v) is 8.60. The van der Waals surface area contributed by atoms with Gasteiger partial charge >= 0.3 is 0 Å². The van der Waals surface area contributed by atoms with Crippen LogP contribution >= 0.6 is 0 Å². The van der Waals surface area contributed by atoms with Crippen molar-refractivity contribution in [1.82, 2.24) is 9.80 Å². The van der Waals surface area contributed by atoms with Gasteiger partial charge in [-0.1, -0.05) is 18.2 Å². The van der Waals surface area contributed by atoms with Crippen molar-refractivity contribution >= 4 is 11.8 Å². The van der Waals surface area contributed by atoms with E-state index in [4.69, 9.17) is 4.74 Å². The first-order valence-corrected chi connectivity index (χ1v) is 12.7. The first-order chi connectivity index (χ1) is 15.4. The molecule has 0 spiro atoms. The third kappa shape index (κ3) is 4.15. The van der Waals surface area contributed by atoms with Gasteiger partial charge in [-0.05, 0) is 87.7 Å². The maximum atomic E-state index is 13.5. The smallest absolute Gasteiger partial charge is 0.228 e. The monoisotopic (exact) mass is 438 g/mol. The molecule has 5 nitrogen and oxygen atoms in total. The Balaban J connectivity index is 1.07. The number of piperazine rings is 1. The lowest BCUT2D eigenvalue weighted by Crippen LogP contribution is -2.58. The van der Waals surface area contributed by atoms with Gasteiger partial charge in [0.05, 0.1) is 12.0 Å². The molecule has 2 amide bonds. The largest absolute Gasteiger partial charge is 0.493 e. The normalized spacial score (nSPS) is 31.1. The van der Waals surface area contributed by atoms with Crippen LogP contribution in [0.25, 0.3) is 0 Å². The first-order valence-electron chi connectivity index (χ1n) is 12.7. The predicted octanol–water partition coefficient (Wildman–Crippen LogP) is 4.35. The summed E-state index contributed by atoms with van der Waals surface area (Å²) in [6.45, 7) is 7.41. The number of carbonyl (C=O) groups excluding carboxylic acids is 2. The maximum Gasteiger partial charge on any atom is 0.228 e. The van der Waals surface area contributed by atoms with Crippen molar-refractivity contribution in [2.75, 3.05) is 32.8 Å². The fourth-order valence-electron chi connectivity index (χ4n) is 7.45. The van der Waals surface area contributed by atoms with Crippen LogP contribution in [0.3, 0.4) is 0 Å². The molecule has 1 saturated heterocycles. The van der Waals surface area contributed by atoms with E-state index in [1.54, 1.807) is 0 Å². The number of nitrogens with zero attached hydrogens (tertiary/aromatic N) is 2. The van der Waals surface area contributed by atoms with E-state index in [0.717, 1.165) is 60.3 Å². The summed E-state index contributed by atoms with van der Waals surface area (Å²) < 4.78 is 5.95. The number of carbonyl (C=O) groups is 2. The Morgan fingerprint density at radius 2 is 1.44 bits per heavy atom. The zero-order valence-electron chi connectivity index (χ0n) is 19.8. The van der Waals surface area contributed by atoms with E-state index < -0.39 is 0 Å². The molecule has 4 saturated carbocycles. The molecule has 0 atom stereocenters. The van der Waals surface area contributed by atoms with E-state index in [2.05, 4.69) is 30.9 Å². The second kappa shape index (κ2) is 8.72. The summed E-state index contributed by atoms with van der Waals surface area (Å²) in [5.74, 6) is 3.91. The number of aryl methyl sites for hydroxylation is 2. The first kappa shape index (κ1) is 21.8. The molecule has 32 heavy (non-hydrogen) atoms. The van der Waals surface area contributed by atoms with Gasteiger partial charge in [-0.15, -0.1) is 0 Å². The van der Waals surface area contributed by atoms with E-state index in [9.17, 15) is 9.59 Å². The molecular formula is C27H38N2O3. The average Bonchev–Trinajstić information content (AvgIpc) is 2.77. The molecule has 1 heterocycles. The number of ether oxygens (including phenoxy) is 1. The Bertz CT molecular complexity index is 816. The second-order valence-electron chi connectivity index (χ2n) is 11.0. The highest BCUT2D eigenvalue weighted by atomic mass is 16.5. The molecule has 1 aromatic rings. The van der Waals surface area contributed by atoms with E-state index >= 15 is 0 Å². The Morgan fingerprint density at radius 3 is 2.00 bits per heavy atom. The molecule has 6 rings (SSSR count). The van der Waals surface area contributed by atoms with Crippen LogP contribution in [0, 0.1) is 37.0 Å². The van der Waals surface area contributed by atoms with Crippen LogP contribution in [-0.2, 0) is 9.59 Å². The quantitative estimate of drug-likeness (QED) is 0.621. The number of para-hydroxylation sites is 1. The van der Waals surface area contributed by atoms with Crippen LogP contribution in [0.4, 0.5) is 0 Å². The van der Waals surface area contributed by atoms with Crippen molar-refractivity contribution in [2.45, 2.75) is 65.2 Å². The molecule has 1 aliphatic heterocycles. The van der Waals surface area contributed by atoms with Gasteiger partial charge in [0.1, 0.15) is 5.75 Å². The summed E-state index contributed by atoms with van der Waals surface area (Å²) in [5, 5.41) is 0. The van der Waals surface area contributed by atoms with Gasteiger partial charge in [0, 0.05) is 32.6 Å². The van der Waals surface area contributed by atoms with E-state index in [0.29, 0.717) is 45.1 Å². The molecule has 4 bridgehead atoms. The summed E-state index contributed by atoms with van der Waals surface area (Å²) in [7, 11) is 0. The van der Waals surface area contributed by atoms with Crippen molar-refractivity contribution in [1.29, 1.82) is 0 Å². The second-order valence-corrected chi connectivity index (χ2v) is 11.0. The summed E-state index contributed by atoms with van der Waals surface area (Å²) in [6.07, 6.45) is 8.69. The summed E-state index contributed by atoms with van der Waals surface area (Å²) in [6, 6.07) is 6.14. The Kier molecular flexibility index (Phi) is 5.94. The molecular weight excluding hydrogens is 400 g/mol. The third-order valence-electron chi connectivity index (χ3n) is 8.60. The zero-order valence-corrected chi connectivity index (χ0v) is 19.8. The van der Waals surface area contributed by atoms with Crippen molar-refractivity contribution in [3.8, 4) is 5.75 Å². The van der Waals surface area contributed by atoms with Crippen LogP contribution < -0.4 is 4.74 Å². The zero-order chi connectivity index (χ0) is 22.3. The van der Waals surface area contributed by atoms with Crippen LogP contribution in [0.5, 0.6) is 5.75 Å². The Morgan fingerprint density at radius 1 is 0.906 bits per heavy atom. The van der Waals surface area contributed by atoms with Gasteiger partial charge in [0.25, 0.3) is 0 Å². The van der Waals surface area contributed by atoms with Crippen LogP contribution in [0.1, 0.15) is 62.5 Å². The number of hydrogen-bond donors (Lipinski definition) is 0. The van der Waals surface area contributed by atoms with Gasteiger partial charge in [0.15, 0.2) is 0 Å². The number of hydrogen-bond acceptors (Lipinski definition) is 3. The van der Waals surface area contributed by atoms with Crippen molar-refractivity contribution < 1.29 is 14.3 Å². The average molecular weight is 439 g/mol. The summed E-state index contributed by atoms with van der Waals surface area (Å²) in [5.41, 5.74) is 2.21. The molecule has 0 unspecified atom stereocenters. The number of rotatable bonds is 6. The summed E-state index contributed by atoms with van der Waals surface area (Å²) >= 11 is 0. The highest BCUT2D eigenvalue weighted by Gasteiger charge is 2.55. The fourth-order valence-corrected chi connectivity index (χ4v) is 7.45. The number of amides is 2. The molecule has 0 N–H and O–H groups in total. The molecule has 5 heteroatoms. The van der Waals surface area contributed by atoms with Gasteiger partial charge < -0.3 is 14.5 Å². The molecule has 0 aromatic heterocycles. The SMILES string of the molecule is Cc1cccc(C)c1OCCCC(=O)N1CCN(C(=O)C23CC4CC(CC(C4)C2)C3)CC1. The van der Waals surface area contributed by atoms with Crippen molar-refractivity contribution in [3.05, 3.63) is 29.3 Å². The standard InChI is InChI=1S/C27H38N2O3/c1-19-5-3-6-20(2)25(19)32-12-4-7-24(30)28-8-10-29(11-9-28)26(31)27-16-21-13-22(17-27)15-23(14-21)18-27/h3,5-6,21-23H,4,7-18H2,1-2H3. The fraction of sp³-hybridized carbons (Fsp3) is 0.704. The highest BCUT2D eigenvalue weighted by Crippen LogP contribution is 2.60. The molecule has 4 aliphatic carbocycles. The minimum atomic E-state index is -0.0635. The lowest BCUT2D eigenvalue weighted by molar-refractivity contribution is -0.160. The molecule has 1 aromatic carbocycles. The van der Waals surface area contributed by atoms with Gasteiger partial charge in [-0.2, -0.15) is 0 Å². The van der Waals surface area contributed by atoms with E-state index in [-0.39, 0.29) is 11.3 Å². The predicted molar refractivity (Wildman–Crippen MR) is 124 cm³/mol.